The lowest BCUT2D eigenvalue weighted by atomic mass is 10.2. The molecule has 0 unspecified atom stereocenters. The van der Waals surface area contributed by atoms with Crippen molar-refractivity contribution in [2.24, 2.45) is 0 Å². The van der Waals surface area contributed by atoms with Gasteiger partial charge in [-0.15, -0.1) is 0 Å². The number of rotatable bonds is 3. The Morgan fingerprint density at radius 2 is 2.33 bits per heavy atom. The second kappa shape index (κ2) is 4.08. The number of fused-ring (bicyclic) bond motifs is 1. The van der Waals surface area contributed by atoms with Crippen LogP contribution in [0.1, 0.15) is 41.7 Å². The quantitative estimate of drug-likeness (QED) is 0.619. The van der Waals surface area contributed by atoms with Crippen LogP contribution in [0.2, 0.25) is 0 Å². The van der Waals surface area contributed by atoms with E-state index in [0.717, 1.165) is 12.8 Å². The van der Waals surface area contributed by atoms with Crippen LogP contribution in [0.25, 0.3) is 5.65 Å². The van der Waals surface area contributed by atoms with Gasteiger partial charge in [0.05, 0.1) is 6.61 Å². The number of carbonyl (C=O) groups excluding carboxylic acids is 1. The molecule has 3 rings (SSSR count). The van der Waals surface area contributed by atoms with E-state index < -0.39 is 5.97 Å². The average molecular weight is 248 g/mol. The minimum absolute atomic E-state index is 0.142. The molecule has 1 saturated carbocycles. The summed E-state index contributed by atoms with van der Waals surface area (Å²) in [5.41, 5.74) is 1.28. The van der Waals surface area contributed by atoms with Gasteiger partial charge in [0.2, 0.25) is 5.95 Å². The Morgan fingerprint density at radius 3 is 3.00 bits per heavy atom. The number of hydrogen-bond acceptors (Lipinski definition) is 3. The molecule has 0 amide bonds. The highest BCUT2D eigenvalue weighted by Crippen LogP contribution is 2.41. The molecule has 0 radical (unpaired) electrons. The smallest absolute Gasteiger partial charge is 0.358 e. The van der Waals surface area contributed by atoms with E-state index in [4.69, 9.17) is 4.74 Å². The molecule has 0 aliphatic heterocycles. The lowest BCUT2D eigenvalue weighted by Crippen LogP contribution is -2.04. The third-order valence-corrected chi connectivity index (χ3v) is 3.10. The molecule has 4 nitrogen and oxygen atoms in total. The van der Waals surface area contributed by atoms with Crippen LogP contribution in [0.15, 0.2) is 18.3 Å². The number of halogens is 1. The van der Waals surface area contributed by atoms with Crippen LogP contribution >= 0.6 is 0 Å². The molecule has 0 atom stereocenters. The Labute approximate surface area is 103 Å². The first kappa shape index (κ1) is 11.2. The summed E-state index contributed by atoms with van der Waals surface area (Å²) >= 11 is 0. The van der Waals surface area contributed by atoms with Crippen molar-refractivity contribution in [2.75, 3.05) is 6.61 Å². The van der Waals surface area contributed by atoms with E-state index in [0.29, 0.717) is 17.1 Å². The van der Waals surface area contributed by atoms with E-state index >= 15 is 0 Å². The molecule has 0 bridgehead atoms. The highest BCUT2D eigenvalue weighted by Gasteiger charge is 2.28. The fraction of sp³-hybridized carbons (Fsp3) is 0.385. The van der Waals surface area contributed by atoms with Crippen molar-refractivity contribution in [3.05, 3.63) is 35.5 Å². The number of ether oxygens (including phenoxy) is 1. The highest BCUT2D eigenvalue weighted by molar-refractivity contribution is 5.87. The van der Waals surface area contributed by atoms with Crippen LogP contribution in [0.4, 0.5) is 4.39 Å². The van der Waals surface area contributed by atoms with Gasteiger partial charge in [-0.3, -0.25) is 4.40 Å². The first-order valence-electron chi connectivity index (χ1n) is 6.05. The topological polar surface area (TPSA) is 43.6 Å². The van der Waals surface area contributed by atoms with Crippen LogP contribution in [-0.2, 0) is 4.74 Å². The number of esters is 1. The molecule has 1 fully saturated rings. The Hall–Kier alpha value is -1.91. The van der Waals surface area contributed by atoms with E-state index in [2.05, 4.69) is 4.98 Å². The number of carbonyl (C=O) groups is 1. The molecule has 0 N–H and O–H groups in total. The molecule has 0 spiro atoms. The summed E-state index contributed by atoms with van der Waals surface area (Å²) < 4.78 is 20.4. The minimum Gasteiger partial charge on any atom is -0.461 e. The maximum atomic E-state index is 14.2. The van der Waals surface area contributed by atoms with Crippen molar-refractivity contribution in [3.8, 4) is 0 Å². The molecule has 2 heterocycles. The third kappa shape index (κ3) is 1.75. The number of pyridine rings is 1. The summed E-state index contributed by atoms with van der Waals surface area (Å²) in [5, 5.41) is 0. The van der Waals surface area contributed by atoms with E-state index in [9.17, 15) is 9.18 Å². The number of aromatic nitrogens is 2. The van der Waals surface area contributed by atoms with Gasteiger partial charge in [0.25, 0.3) is 0 Å². The van der Waals surface area contributed by atoms with Gasteiger partial charge >= 0.3 is 5.97 Å². The van der Waals surface area contributed by atoms with Crippen LogP contribution in [0, 0.1) is 5.95 Å². The maximum absolute atomic E-state index is 14.2. The lowest BCUT2D eigenvalue weighted by molar-refractivity contribution is 0.0520. The Kier molecular flexibility index (Phi) is 2.54. The SMILES string of the molecule is CCOC(=O)c1cn2c(F)c(C3CC3)ccc2n1. The van der Waals surface area contributed by atoms with E-state index in [1.165, 1.54) is 10.6 Å². The lowest BCUT2D eigenvalue weighted by Gasteiger charge is -2.02. The first-order chi connectivity index (χ1) is 8.70. The molecule has 1 aliphatic rings. The van der Waals surface area contributed by atoms with Gasteiger partial charge in [-0.2, -0.15) is 4.39 Å². The molecule has 18 heavy (non-hydrogen) atoms. The minimum atomic E-state index is -0.520. The predicted octanol–water partition coefficient (Wildman–Crippen LogP) is 2.53. The molecule has 2 aromatic heterocycles. The molecule has 2 aromatic rings. The zero-order valence-corrected chi connectivity index (χ0v) is 10.0. The maximum Gasteiger partial charge on any atom is 0.358 e. The van der Waals surface area contributed by atoms with Gasteiger partial charge in [-0.25, -0.2) is 9.78 Å². The molecule has 1 aliphatic carbocycles. The molecule has 0 saturated heterocycles. The fourth-order valence-corrected chi connectivity index (χ4v) is 2.04. The van der Waals surface area contributed by atoms with Gasteiger partial charge in [0, 0.05) is 11.8 Å². The Morgan fingerprint density at radius 1 is 1.56 bits per heavy atom. The Bertz CT molecular complexity index is 617. The molecule has 0 aromatic carbocycles. The van der Waals surface area contributed by atoms with E-state index in [1.807, 2.05) is 0 Å². The van der Waals surface area contributed by atoms with Gasteiger partial charge in [0.1, 0.15) is 5.65 Å². The Balaban J connectivity index is 2.06. The summed E-state index contributed by atoms with van der Waals surface area (Å²) in [7, 11) is 0. The van der Waals surface area contributed by atoms with Crippen molar-refractivity contribution in [3.63, 3.8) is 0 Å². The summed E-state index contributed by atoms with van der Waals surface area (Å²) in [4.78, 5) is 15.6. The van der Waals surface area contributed by atoms with Crippen molar-refractivity contribution in [2.45, 2.75) is 25.7 Å². The van der Waals surface area contributed by atoms with Crippen molar-refractivity contribution in [1.29, 1.82) is 0 Å². The molecule has 5 heteroatoms. The summed E-state index contributed by atoms with van der Waals surface area (Å²) in [6.07, 6.45) is 3.46. The second-order valence-electron chi connectivity index (χ2n) is 4.43. The largest absolute Gasteiger partial charge is 0.461 e. The standard InChI is InChI=1S/C13H13FN2O2/c1-2-18-13(17)10-7-16-11(15-10)6-5-9(12(16)14)8-3-4-8/h5-8H,2-4H2,1H3. The molecular formula is C13H13FN2O2. The summed E-state index contributed by atoms with van der Waals surface area (Å²) in [5.74, 6) is -0.519. The van der Waals surface area contributed by atoms with Gasteiger partial charge < -0.3 is 4.74 Å². The third-order valence-electron chi connectivity index (χ3n) is 3.10. The van der Waals surface area contributed by atoms with Crippen molar-refractivity contribution in [1.82, 2.24) is 9.38 Å². The van der Waals surface area contributed by atoms with Gasteiger partial charge in [-0.1, -0.05) is 6.07 Å². The normalized spacial score (nSPS) is 15.0. The van der Waals surface area contributed by atoms with E-state index in [-0.39, 0.29) is 18.2 Å². The predicted molar refractivity (Wildman–Crippen MR) is 63.1 cm³/mol. The number of nitrogens with zero attached hydrogens (tertiary/aromatic N) is 2. The second-order valence-corrected chi connectivity index (χ2v) is 4.43. The van der Waals surface area contributed by atoms with E-state index in [1.54, 1.807) is 19.1 Å². The monoisotopic (exact) mass is 248 g/mol. The fourth-order valence-electron chi connectivity index (χ4n) is 2.04. The first-order valence-corrected chi connectivity index (χ1v) is 6.05. The molecule has 94 valence electrons. The highest BCUT2D eigenvalue weighted by atomic mass is 19.1. The van der Waals surface area contributed by atoms with Crippen LogP contribution in [0.5, 0.6) is 0 Å². The van der Waals surface area contributed by atoms with Gasteiger partial charge in [0.15, 0.2) is 5.69 Å². The zero-order valence-electron chi connectivity index (χ0n) is 10.0. The van der Waals surface area contributed by atoms with Crippen molar-refractivity contribution < 1.29 is 13.9 Å². The van der Waals surface area contributed by atoms with Crippen LogP contribution in [-0.4, -0.2) is 22.0 Å². The number of hydrogen-bond donors (Lipinski definition) is 0. The summed E-state index contributed by atoms with van der Waals surface area (Å²) in [6.45, 7) is 2.00. The zero-order chi connectivity index (χ0) is 12.7. The van der Waals surface area contributed by atoms with Crippen LogP contribution < -0.4 is 0 Å². The average Bonchev–Trinajstić information content (AvgIpc) is 3.08. The van der Waals surface area contributed by atoms with Crippen molar-refractivity contribution >= 4 is 11.6 Å². The number of imidazole rings is 1. The van der Waals surface area contributed by atoms with Gasteiger partial charge in [-0.05, 0) is 31.7 Å². The van der Waals surface area contributed by atoms with Crippen LogP contribution in [0.3, 0.4) is 0 Å². The molecular weight excluding hydrogens is 235 g/mol. The summed E-state index contributed by atoms with van der Waals surface area (Å²) in [6, 6.07) is 3.49.